The Morgan fingerprint density at radius 3 is 2.32 bits per heavy atom. The van der Waals surface area contributed by atoms with E-state index in [4.69, 9.17) is 0 Å². The van der Waals surface area contributed by atoms with Gasteiger partial charge in [-0.25, -0.2) is 4.98 Å². The van der Waals surface area contributed by atoms with Gasteiger partial charge in [-0.1, -0.05) is 25.1 Å². The fourth-order valence-electron chi connectivity index (χ4n) is 4.64. The second-order valence-electron chi connectivity index (χ2n) is 8.50. The molecule has 2 aliphatic rings. The predicted molar refractivity (Wildman–Crippen MR) is 118 cm³/mol. The molecule has 7 nitrogen and oxygen atoms in total. The first kappa shape index (κ1) is 21.0. The summed E-state index contributed by atoms with van der Waals surface area (Å²) in [5.41, 5.74) is 2.83. The summed E-state index contributed by atoms with van der Waals surface area (Å²) in [6.07, 6.45) is 2.57. The van der Waals surface area contributed by atoms with Crippen molar-refractivity contribution in [1.29, 1.82) is 0 Å². The number of anilines is 1. The largest absolute Gasteiger partial charge is 0.353 e. The van der Waals surface area contributed by atoms with Crippen LogP contribution >= 0.6 is 0 Å². The molecule has 3 heterocycles. The minimum Gasteiger partial charge on any atom is -0.353 e. The summed E-state index contributed by atoms with van der Waals surface area (Å²) >= 11 is 0. The van der Waals surface area contributed by atoms with Gasteiger partial charge in [-0.3, -0.25) is 19.7 Å². The van der Waals surface area contributed by atoms with Crippen LogP contribution in [0.2, 0.25) is 0 Å². The van der Waals surface area contributed by atoms with E-state index in [9.17, 15) is 14.4 Å². The quantitative estimate of drug-likeness (QED) is 0.768. The number of pyridine rings is 1. The van der Waals surface area contributed by atoms with Gasteiger partial charge in [0.2, 0.25) is 11.8 Å². The first-order chi connectivity index (χ1) is 14.8. The normalized spacial score (nSPS) is 21.4. The van der Waals surface area contributed by atoms with Gasteiger partial charge in [-0.2, -0.15) is 0 Å². The number of amides is 3. The number of nitrogens with zero attached hydrogens (tertiary/aromatic N) is 3. The molecular weight excluding hydrogens is 392 g/mol. The Labute approximate surface area is 182 Å². The first-order valence-electron chi connectivity index (χ1n) is 10.8. The zero-order chi connectivity index (χ0) is 22.2. The number of rotatable bonds is 4. The monoisotopic (exact) mass is 420 g/mol. The van der Waals surface area contributed by atoms with Gasteiger partial charge in [-0.15, -0.1) is 0 Å². The number of carbonyl (C=O) groups excluding carboxylic acids is 3. The summed E-state index contributed by atoms with van der Waals surface area (Å²) in [5, 5.41) is 2.41. The van der Waals surface area contributed by atoms with E-state index in [0.29, 0.717) is 25.1 Å². The van der Waals surface area contributed by atoms with Crippen molar-refractivity contribution in [3.63, 3.8) is 0 Å². The number of carbonyl (C=O) groups is 3. The average molecular weight is 421 g/mol. The Hall–Kier alpha value is -3.22. The van der Waals surface area contributed by atoms with E-state index >= 15 is 0 Å². The summed E-state index contributed by atoms with van der Waals surface area (Å²) < 4.78 is 0. The van der Waals surface area contributed by atoms with Gasteiger partial charge >= 0.3 is 0 Å². The highest BCUT2D eigenvalue weighted by atomic mass is 16.2. The molecule has 1 atom stereocenters. The van der Waals surface area contributed by atoms with E-state index in [1.165, 1.54) is 0 Å². The van der Waals surface area contributed by atoms with Gasteiger partial charge in [0.15, 0.2) is 0 Å². The lowest BCUT2D eigenvalue weighted by molar-refractivity contribution is -0.126. The van der Waals surface area contributed by atoms with E-state index < -0.39 is 5.41 Å². The van der Waals surface area contributed by atoms with Crippen LogP contribution in [0.3, 0.4) is 0 Å². The fourth-order valence-corrected chi connectivity index (χ4v) is 4.64. The van der Waals surface area contributed by atoms with Crippen LogP contribution in [0, 0.1) is 13.8 Å². The molecule has 0 saturated carbocycles. The zero-order valence-electron chi connectivity index (χ0n) is 18.3. The zero-order valence-corrected chi connectivity index (χ0v) is 18.3. The summed E-state index contributed by atoms with van der Waals surface area (Å²) in [7, 11) is 0. The van der Waals surface area contributed by atoms with Crippen LogP contribution in [0.1, 0.15) is 46.8 Å². The van der Waals surface area contributed by atoms with Crippen molar-refractivity contribution in [2.24, 2.45) is 0 Å². The van der Waals surface area contributed by atoms with E-state index in [2.05, 4.69) is 28.2 Å². The molecule has 2 fully saturated rings. The Kier molecular flexibility index (Phi) is 5.52. The molecule has 3 amide bonds. The summed E-state index contributed by atoms with van der Waals surface area (Å²) in [6, 6.07) is 9.28. The lowest BCUT2D eigenvalue weighted by Crippen LogP contribution is -2.49. The van der Waals surface area contributed by atoms with Crippen molar-refractivity contribution < 1.29 is 14.4 Å². The molecule has 7 heteroatoms. The lowest BCUT2D eigenvalue weighted by Gasteiger charge is -2.36. The van der Waals surface area contributed by atoms with Crippen LogP contribution in [0.4, 0.5) is 5.82 Å². The number of nitrogens with one attached hydrogen (secondary N) is 1. The number of hydrogen-bond donors (Lipinski definition) is 1. The van der Waals surface area contributed by atoms with Crippen molar-refractivity contribution in [2.45, 2.75) is 39.0 Å². The van der Waals surface area contributed by atoms with Gasteiger partial charge in [0.05, 0.1) is 5.41 Å². The molecule has 0 bridgehead atoms. The molecule has 1 aromatic heterocycles. The highest BCUT2D eigenvalue weighted by molar-refractivity contribution is 6.09. The van der Waals surface area contributed by atoms with Crippen molar-refractivity contribution in [3.8, 4) is 0 Å². The Morgan fingerprint density at radius 2 is 1.77 bits per heavy atom. The van der Waals surface area contributed by atoms with Crippen LogP contribution in [0.25, 0.3) is 0 Å². The minimum absolute atomic E-state index is 0.0164. The van der Waals surface area contributed by atoms with Crippen molar-refractivity contribution in [2.75, 3.05) is 31.1 Å². The van der Waals surface area contributed by atoms with E-state index in [1.807, 2.05) is 37.1 Å². The summed E-state index contributed by atoms with van der Waals surface area (Å²) in [6.45, 7) is 8.74. The number of aryl methyl sites for hydroxylation is 2. The van der Waals surface area contributed by atoms with Gasteiger partial charge in [0.25, 0.3) is 5.91 Å². The molecular formula is C24H28N4O3. The topological polar surface area (TPSA) is 82.6 Å². The van der Waals surface area contributed by atoms with Crippen molar-refractivity contribution >= 4 is 23.5 Å². The van der Waals surface area contributed by atoms with Gasteiger partial charge in [0, 0.05) is 44.4 Å². The van der Waals surface area contributed by atoms with Crippen LogP contribution in [-0.2, 0) is 15.0 Å². The maximum absolute atomic E-state index is 13.0. The van der Waals surface area contributed by atoms with Crippen LogP contribution in [0.15, 0.2) is 36.5 Å². The standard InChI is InChI=1S/C24H28N4O3/c1-4-24(14-20(29)26-23(24)31)19-7-5-18(6-8-19)22(30)28-11-9-27(10-12-28)21-17(3)13-16(2)15-25-21/h5-8,13,15H,4,9-12,14H2,1-3H3,(H,26,29,31). The third-order valence-electron chi connectivity index (χ3n) is 6.49. The van der Waals surface area contributed by atoms with Gasteiger partial charge < -0.3 is 9.80 Å². The van der Waals surface area contributed by atoms with Crippen molar-refractivity contribution in [1.82, 2.24) is 15.2 Å². The molecule has 1 aromatic carbocycles. The molecule has 2 aliphatic heterocycles. The van der Waals surface area contributed by atoms with E-state index in [0.717, 1.165) is 35.6 Å². The molecule has 4 rings (SSSR count). The molecule has 0 spiro atoms. The maximum Gasteiger partial charge on any atom is 0.253 e. The van der Waals surface area contributed by atoms with Crippen LogP contribution < -0.4 is 10.2 Å². The molecule has 31 heavy (non-hydrogen) atoms. The molecule has 162 valence electrons. The Balaban J connectivity index is 1.44. The number of imide groups is 1. The molecule has 0 radical (unpaired) electrons. The minimum atomic E-state index is -0.830. The summed E-state index contributed by atoms with van der Waals surface area (Å²) in [4.78, 5) is 45.8. The van der Waals surface area contributed by atoms with Gasteiger partial charge in [0.1, 0.15) is 5.82 Å². The smallest absolute Gasteiger partial charge is 0.253 e. The third-order valence-corrected chi connectivity index (χ3v) is 6.49. The molecule has 1 unspecified atom stereocenters. The predicted octanol–water partition coefficient (Wildman–Crippen LogP) is 2.36. The molecule has 0 aliphatic carbocycles. The second kappa shape index (κ2) is 8.13. The number of hydrogen-bond acceptors (Lipinski definition) is 5. The SMILES string of the molecule is CCC1(c2ccc(C(=O)N3CCN(c4ncc(C)cc4C)CC3)cc2)CC(=O)NC1=O. The number of aromatic nitrogens is 1. The molecule has 2 aromatic rings. The van der Waals surface area contributed by atoms with Crippen molar-refractivity contribution in [3.05, 3.63) is 58.8 Å². The maximum atomic E-state index is 13.0. The van der Waals surface area contributed by atoms with E-state index in [-0.39, 0.29) is 24.1 Å². The fraction of sp³-hybridized carbons (Fsp3) is 0.417. The van der Waals surface area contributed by atoms with E-state index in [1.54, 1.807) is 12.1 Å². The first-order valence-corrected chi connectivity index (χ1v) is 10.8. The highest BCUT2D eigenvalue weighted by Crippen LogP contribution is 2.35. The second-order valence-corrected chi connectivity index (χ2v) is 8.50. The lowest BCUT2D eigenvalue weighted by atomic mass is 9.76. The number of piperazine rings is 1. The molecule has 1 N–H and O–H groups in total. The third kappa shape index (κ3) is 3.80. The van der Waals surface area contributed by atoms with Gasteiger partial charge in [-0.05, 0) is 49.1 Å². The summed E-state index contributed by atoms with van der Waals surface area (Å²) in [5.74, 6) is 0.465. The average Bonchev–Trinajstić information content (AvgIpc) is 3.07. The van der Waals surface area contributed by atoms with Crippen LogP contribution in [0.5, 0.6) is 0 Å². The Morgan fingerprint density at radius 1 is 1.10 bits per heavy atom. The van der Waals surface area contributed by atoms with Crippen LogP contribution in [-0.4, -0.2) is 53.8 Å². The molecule has 2 saturated heterocycles. The highest BCUT2D eigenvalue weighted by Gasteiger charge is 2.46. The number of benzene rings is 1. The Bertz CT molecular complexity index is 1030.